The summed E-state index contributed by atoms with van der Waals surface area (Å²) in [6, 6.07) is 13.0. The van der Waals surface area contributed by atoms with Gasteiger partial charge in [-0.15, -0.1) is 0 Å². The number of aromatic carboxylic acids is 1. The van der Waals surface area contributed by atoms with Gasteiger partial charge >= 0.3 is 5.97 Å². The Balaban J connectivity index is 1.82. The van der Waals surface area contributed by atoms with Gasteiger partial charge in [-0.3, -0.25) is 9.59 Å². The predicted octanol–water partition coefficient (Wildman–Crippen LogP) is 2.59. The van der Waals surface area contributed by atoms with E-state index in [2.05, 4.69) is 0 Å². The van der Waals surface area contributed by atoms with Crippen LogP contribution in [0.1, 0.15) is 15.9 Å². The molecular formula is C19H17NO6S. The minimum absolute atomic E-state index is 0.154. The van der Waals surface area contributed by atoms with Crippen LogP contribution >= 0.6 is 11.8 Å². The standard InChI is InChI=1S/C19H17NO6S/c20-18(22)17(27-12-21)11-13-1-5-15(6-2-13)25-9-10-26-16-7-3-14(4-8-16)19(23)24/h1-8,11-12H,9-10H2,(H2,20,22)(H,23,24)/b17-11+. The maximum atomic E-state index is 11.2. The van der Waals surface area contributed by atoms with Crippen molar-refractivity contribution < 1.29 is 29.0 Å². The molecule has 7 nitrogen and oxygen atoms in total. The molecule has 2 rings (SSSR count). The Labute approximate surface area is 159 Å². The number of rotatable bonds is 10. The predicted molar refractivity (Wildman–Crippen MR) is 102 cm³/mol. The summed E-state index contributed by atoms with van der Waals surface area (Å²) in [4.78, 5) is 32.7. The van der Waals surface area contributed by atoms with Crippen molar-refractivity contribution in [3.63, 3.8) is 0 Å². The average molecular weight is 387 g/mol. The number of thioether (sulfide) groups is 1. The minimum Gasteiger partial charge on any atom is -0.490 e. The van der Waals surface area contributed by atoms with Crippen LogP contribution in [0.15, 0.2) is 53.4 Å². The van der Waals surface area contributed by atoms with E-state index in [1.807, 2.05) is 0 Å². The first kappa shape index (κ1) is 20.1. The summed E-state index contributed by atoms with van der Waals surface area (Å²) in [6.07, 6.45) is 1.52. The summed E-state index contributed by atoms with van der Waals surface area (Å²) in [5, 5.41) is 8.83. The molecule has 3 N–H and O–H groups in total. The maximum absolute atomic E-state index is 11.2. The number of carboxylic acid groups (broad SMARTS) is 1. The summed E-state index contributed by atoms with van der Waals surface area (Å²) in [7, 11) is 0. The second kappa shape index (κ2) is 10.0. The maximum Gasteiger partial charge on any atom is 0.335 e. The molecule has 0 saturated carbocycles. The highest BCUT2D eigenvalue weighted by Crippen LogP contribution is 2.19. The molecule has 0 aliphatic heterocycles. The SMILES string of the molecule is NC(=O)/C(=C\c1ccc(OCCOc2ccc(C(=O)O)cc2)cc1)SC=O. The van der Waals surface area contributed by atoms with Crippen molar-refractivity contribution in [2.45, 2.75) is 0 Å². The minimum atomic E-state index is -0.990. The summed E-state index contributed by atoms with van der Waals surface area (Å²) >= 11 is 0.726. The van der Waals surface area contributed by atoms with Crippen molar-refractivity contribution in [1.82, 2.24) is 0 Å². The van der Waals surface area contributed by atoms with E-state index in [0.717, 1.165) is 11.8 Å². The van der Waals surface area contributed by atoms with Gasteiger partial charge in [0.05, 0.1) is 10.5 Å². The molecule has 0 fully saturated rings. The number of ether oxygens (including phenoxy) is 2. The van der Waals surface area contributed by atoms with Crippen molar-refractivity contribution in [2.24, 2.45) is 5.73 Å². The monoisotopic (exact) mass is 387 g/mol. The summed E-state index contributed by atoms with van der Waals surface area (Å²) < 4.78 is 11.0. The van der Waals surface area contributed by atoms with Gasteiger partial charge in [0, 0.05) is 0 Å². The number of hydrogen-bond donors (Lipinski definition) is 2. The van der Waals surface area contributed by atoms with Crippen LogP contribution < -0.4 is 15.2 Å². The van der Waals surface area contributed by atoms with Gasteiger partial charge in [0.25, 0.3) is 5.91 Å². The van der Waals surface area contributed by atoms with E-state index in [0.29, 0.717) is 29.3 Å². The zero-order valence-electron chi connectivity index (χ0n) is 14.2. The number of amides is 1. The molecule has 8 heteroatoms. The van der Waals surface area contributed by atoms with E-state index >= 15 is 0 Å². The summed E-state index contributed by atoms with van der Waals surface area (Å²) in [6.45, 7) is 0.583. The van der Waals surface area contributed by atoms with Gasteiger partial charge in [0.1, 0.15) is 24.7 Å². The van der Waals surface area contributed by atoms with Crippen molar-refractivity contribution in [3.05, 3.63) is 64.6 Å². The Hall–Kier alpha value is -3.26. The highest BCUT2D eigenvalue weighted by Gasteiger charge is 2.05. The Morgan fingerprint density at radius 2 is 1.48 bits per heavy atom. The van der Waals surface area contributed by atoms with Crippen LogP contribution in [0.5, 0.6) is 11.5 Å². The van der Waals surface area contributed by atoms with Crippen molar-refractivity contribution >= 4 is 35.3 Å². The van der Waals surface area contributed by atoms with Crippen LogP contribution in [-0.4, -0.2) is 35.8 Å². The number of benzene rings is 2. The molecule has 0 bridgehead atoms. The van der Waals surface area contributed by atoms with Crippen LogP contribution in [0.4, 0.5) is 0 Å². The Morgan fingerprint density at radius 1 is 0.963 bits per heavy atom. The molecule has 0 aliphatic carbocycles. The molecule has 0 saturated heterocycles. The number of nitrogens with two attached hydrogens (primary N) is 1. The Morgan fingerprint density at radius 3 is 1.93 bits per heavy atom. The molecule has 0 aromatic heterocycles. The van der Waals surface area contributed by atoms with E-state index in [1.54, 1.807) is 36.4 Å². The van der Waals surface area contributed by atoms with Crippen LogP contribution in [-0.2, 0) is 9.59 Å². The van der Waals surface area contributed by atoms with E-state index in [-0.39, 0.29) is 17.1 Å². The largest absolute Gasteiger partial charge is 0.490 e. The van der Waals surface area contributed by atoms with E-state index < -0.39 is 11.9 Å². The molecule has 140 valence electrons. The van der Waals surface area contributed by atoms with E-state index in [9.17, 15) is 14.4 Å². The van der Waals surface area contributed by atoms with Crippen LogP contribution in [0.25, 0.3) is 6.08 Å². The molecule has 2 aromatic rings. The van der Waals surface area contributed by atoms with E-state index in [1.165, 1.54) is 18.2 Å². The quantitative estimate of drug-likeness (QED) is 0.366. The molecule has 0 atom stereocenters. The lowest BCUT2D eigenvalue weighted by Gasteiger charge is -2.09. The van der Waals surface area contributed by atoms with Crippen LogP contribution in [0, 0.1) is 0 Å². The van der Waals surface area contributed by atoms with Gasteiger partial charge in [-0.25, -0.2) is 4.79 Å². The Kier molecular flexibility index (Phi) is 7.45. The highest BCUT2D eigenvalue weighted by atomic mass is 32.2. The molecule has 0 unspecified atom stereocenters. The third-order valence-corrected chi connectivity index (χ3v) is 3.99. The number of primary amides is 1. The lowest BCUT2D eigenvalue weighted by molar-refractivity contribution is -0.113. The van der Waals surface area contributed by atoms with Crippen molar-refractivity contribution in [3.8, 4) is 11.5 Å². The first-order chi connectivity index (χ1) is 13.0. The summed E-state index contributed by atoms with van der Waals surface area (Å²) in [5.41, 5.74) is 6.64. The zero-order valence-corrected chi connectivity index (χ0v) is 15.0. The number of carbonyl (C=O) groups is 3. The highest BCUT2D eigenvalue weighted by molar-refractivity contribution is 8.16. The zero-order chi connectivity index (χ0) is 19.6. The Bertz CT molecular complexity index is 830. The molecule has 27 heavy (non-hydrogen) atoms. The topological polar surface area (TPSA) is 116 Å². The van der Waals surface area contributed by atoms with E-state index in [4.69, 9.17) is 20.3 Å². The molecule has 0 spiro atoms. The normalized spacial score (nSPS) is 10.9. The third kappa shape index (κ3) is 6.52. The number of carbonyl (C=O) groups excluding carboxylic acids is 2. The first-order valence-electron chi connectivity index (χ1n) is 7.80. The van der Waals surface area contributed by atoms with Gasteiger partial charge in [0.2, 0.25) is 0 Å². The van der Waals surface area contributed by atoms with Gasteiger partial charge in [-0.1, -0.05) is 12.1 Å². The lowest BCUT2D eigenvalue weighted by Crippen LogP contribution is -2.11. The second-order valence-electron chi connectivity index (χ2n) is 5.18. The van der Waals surface area contributed by atoms with Gasteiger partial charge in [-0.05, 0) is 59.8 Å². The number of hydrogen-bond acceptors (Lipinski definition) is 6. The van der Waals surface area contributed by atoms with Crippen LogP contribution in [0.3, 0.4) is 0 Å². The van der Waals surface area contributed by atoms with Gasteiger partial charge in [0.15, 0.2) is 5.62 Å². The molecule has 1 amide bonds. The fourth-order valence-electron chi connectivity index (χ4n) is 2.04. The fraction of sp³-hybridized carbons (Fsp3) is 0.105. The van der Waals surface area contributed by atoms with Crippen molar-refractivity contribution in [1.29, 1.82) is 0 Å². The first-order valence-corrected chi connectivity index (χ1v) is 8.68. The molecule has 0 heterocycles. The third-order valence-electron chi connectivity index (χ3n) is 3.32. The molecule has 2 aromatic carbocycles. The smallest absolute Gasteiger partial charge is 0.335 e. The summed E-state index contributed by atoms with van der Waals surface area (Å²) in [5.74, 6) is -0.492. The van der Waals surface area contributed by atoms with Gasteiger partial charge < -0.3 is 20.3 Å². The second-order valence-corrected chi connectivity index (χ2v) is 6.05. The fourth-order valence-corrected chi connectivity index (χ4v) is 2.46. The van der Waals surface area contributed by atoms with Crippen LogP contribution in [0.2, 0.25) is 0 Å². The van der Waals surface area contributed by atoms with Gasteiger partial charge in [-0.2, -0.15) is 0 Å². The molecular weight excluding hydrogens is 370 g/mol. The van der Waals surface area contributed by atoms with Crippen molar-refractivity contribution in [2.75, 3.05) is 13.2 Å². The molecule has 0 aliphatic rings. The average Bonchev–Trinajstić information content (AvgIpc) is 2.66. The molecule has 0 radical (unpaired) electrons. The number of carboxylic acids is 1. The lowest BCUT2D eigenvalue weighted by atomic mass is 10.2.